The average Bonchev–Trinajstić information content (AvgIpc) is 2.25. The van der Waals surface area contributed by atoms with Gasteiger partial charge in [0.2, 0.25) is 5.91 Å². The summed E-state index contributed by atoms with van der Waals surface area (Å²) in [6.45, 7) is 2.28. The first-order chi connectivity index (χ1) is 7.76. The van der Waals surface area contributed by atoms with Gasteiger partial charge >= 0.3 is 6.18 Å². The van der Waals surface area contributed by atoms with Crippen LogP contribution in [-0.2, 0) is 4.79 Å². The maximum atomic E-state index is 12.0. The van der Waals surface area contributed by atoms with Crippen LogP contribution in [0.1, 0.15) is 19.8 Å². The summed E-state index contributed by atoms with van der Waals surface area (Å²) >= 11 is 0. The highest BCUT2D eigenvalue weighted by Gasteiger charge is 2.40. The molecule has 0 aromatic rings. The Morgan fingerprint density at radius 2 is 2.00 bits per heavy atom. The van der Waals surface area contributed by atoms with Gasteiger partial charge in [0.15, 0.2) is 6.10 Å². The van der Waals surface area contributed by atoms with Crippen molar-refractivity contribution in [3.05, 3.63) is 0 Å². The van der Waals surface area contributed by atoms with Gasteiger partial charge in [0.05, 0.1) is 6.54 Å². The van der Waals surface area contributed by atoms with E-state index in [4.69, 9.17) is 5.11 Å². The van der Waals surface area contributed by atoms with Crippen molar-refractivity contribution in [1.29, 1.82) is 0 Å². The van der Waals surface area contributed by atoms with E-state index in [2.05, 4.69) is 10.6 Å². The molecule has 1 unspecified atom stereocenters. The van der Waals surface area contributed by atoms with Crippen molar-refractivity contribution in [2.24, 2.45) is 5.41 Å². The Kier molecular flexibility index (Phi) is 4.37. The SMILES string of the molecule is CC1(C(=O)NCC(O)C(F)(F)F)CCNCC1. The highest BCUT2D eigenvalue weighted by Crippen LogP contribution is 2.28. The Labute approximate surface area is 97.6 Å². The van der Waals surface area contributed by atoms with Gasteiger partial charge in [-0.3, -0.25) is 4.79 Å². The van der Waals surface area contributed by atoms with Crippen LogP contribution in [0.25, 0.3) is 0 Å². The molecule has 0 spiro atoms. The molecule has 0 aromatic carbocycles. The van der Waals surface area contributed by atoms with Crippen LogP contribution in [0.2, 0.25) is 0 Å². The molecule has 0 radical (unpaired) electrons. The minimum absolute atomic E-state index is 0.428. The van der Waals surface area contributed by atoms with Crippen molar-refractivity contribution in [3.63, 3.8) is 0 Å². The van der Waals surface area contributed by atoms with Crippen LogP contribution in [0.15, 0.2) is 0 Å². The Balaban J connectivity index is 2.44. The first kappa shape index (κ1) is 14.2. The van der Waals surface area contributed by atoms with Crippen molar-refractivity contribution in [2.75, 3.05) is 19.6 Å². The summed E-state index contributed by atoms with van der Waals surface area (Å²) in [7, 11) is 0. The molecule has 3 N–H and O–H groups in total. The van der Waals surface area contributed by atoms with E-state index in [1.165, 1.54) is 0 Å². The lowest BCUT2D eigenvalue weighted by Gasteiger charge is -2.32. The van der Waals surface area contributed by atoms with Gasteiger partial charge in [0.1, 0.15) is 0 Å². The number of halogens is 3. The molecule has 1 rings (SSSR count). The van der Waals surface area contributed by atoms with Crippen LogP contribution < -0.4 is 10.6 Å². The fourth-order valence-corrected chi connectivity index (χ4v) is 1.72. The Morgan fingerprint density at radius 3 is 2.47 bits per heavy atom. The average molecular weight is 254 g/mol. The number of carbonyl (C=O) groups is 1. The Morgan fingerprint density at radius 1 is 1.47 bits per heavy atom. The van der Waals surface area contributed by atoms with E-state index in [1.807, 2.05) is 0 Å². The molecule has 100 valence electrons. The molecule has 0 aromatic heterocycles. The summed E-state index contributed by atoms with van der Waals surface area (Å²) in [6, 6.07) is 0. The first-order valence-corrected chi connectivity index (χ1v) is 5.49. The first-order valence-electron chi connectivity index (χ1n) is 5.49. The fourth-order valence-electron chi connectivity index (χ4n) is 1.72. The highest BCUT2D eigenvalue weighted by molar-refractivity contribution is 5.82. The van der Waals surface area contributed by atoms with Gasteiger partial charge < -0.3 is 15.7 Å². The van der Waals surface area contributed by atoms with Gasteiger partial charge in [-0.05, 0) is 25.9 Å². The minimum Gasteiger partial charge on any atom is -0.382 e. The molecule has 1 fully saturated rings. The molecule has 4 nitrogen and oxygen atoms in total. The monoisotopic (exact) mass is 254 g/mol. The summed E-state index contributed by atoms with van der Waals surface area (Å²) in [5.74, 6) is -0.428. The molecule has 1 saturated heterocycles. The quantitative estimate of drug-likeness (QED) is 0.684. The topological polar surface area (TPSA) is 61.4 Å². The second-order valence-corrected chi connectivity index (χ2v) is 4.58. The summed E-state index contributed by atoms with van der Waals surface area (Å²) in [5.41, 5.74) is -0.642. The number of amides is 1. The standard InChI is InChI=1S/C10H17F3N2O2/c1-9(2-4-14-5-3-9)8(17)15-6-7(16)10(11,12)13/h7,14,16H,2-6H2,1H3,(H,15,17). The van der Waals surface area contributed by atoms with Crippen molar-refractivity contribution in [3.8, 4) is 0 Å². The number of aliphatic hydroxyl groups excluding tert-OH is 1. The fraction of sp³-hybridized carbons (Fsp3) is 0.900. The minimum atomic E-state index is -4.69. The van der Waals surface area contributed by atoms with Crippen LogP contribution in [-0.4, -0.2) is 42.9 Å². The van der Waals surface area contributed by atoms with Gasteiger partial charge in [0, 0.05) is 5.41 Å². The van der Waals surface area contributed by atoms with Crippen LogP contribution >= 0.6 is 0 Å². The number of aliphatic hydroxyl groups is 1. The Bertz CT molecular complexity index is 275. The Hall–Kier alpha value is -0.820. The maximum absolute atomic E-state index is 12.0. The number of hydrogen-bond donors (Lipinski definition) is 3. The molecule has 1 amide bonds. The van der Waals surface area contributed by atoms with E-state index >= 15 is 0 Å². The molecule has 0 bridgehead atoms. The zero-order valence-electron chi connectivity index (χ0n) is 9.60. The third-order valence-corrected chi connectivity index (χ3v) is 3.09. The largest absolute Gasteiger partial charge is 0.416 e. The molecule has 1 aliphatic heterocycles. The number of carbonyl (C=O) groups excluding carboxylic acids is 1. The van der Waals surface area contributed by atoms with E-state index in [-0.39, 0.29) is 0 Å². The number of hydrogen-bond acceptors (Lipinski definition) is 3. The second-order valence-electron chi connectivity index (χ2n) is 4.58. The van der Waals surface area contributed by atoms with Crippen LogP contribution in [0.4, 0.5) is 13.2 Å². The molecule has 0 saturated carbocycles. The molecule has 1 atom stereocenters. The van der Waals surface area contributed by atoms with Crippen LogP contribution in [0.3, 0.4) is 0 Å². The van der Waals surface area contributed by atoms with E-state index in [9.17, 15) is 18.0 Å². The zero-order valence-corrected chi connectivity index (χ0v) is 9.60. The zero-order chi connectivity index (χ0) is 13.1. The smallest absolute Gasteiger partial charge is 0.382 e. The van der Waals surface area contributed by atoms with Gasteiger partial charge in [-0.1, -0.05) is 6.92 Å². The van der Waals surface area contributed by atoms with Crippen LogP contribution in [0, 0.1) is 5.41 Å². The third kappa shape index (κ3) is 3.85. The van der Waals surface area contributed by atoms with Gasteiger partial charge in [-0.15, -0.1) is 0 Å². The van der Waals surface area contributed by atoms with E-state index in [0.29, 0.717) is 25.9 Å². The lowest BCUT2D eigenvalue weighted by Crippen LogP contribution is -2.49. The van der Waals surface area contributed by atoms with Crippen molar-refractivity contribution in [1.82, 2.24) is 10.6 Å². The van der Waals surface area contributed by atoms with E-state index < -0.39 is 30.1 Å². The summed E-state index contributed by atoms with van der Waals surface area (Å²) in [4.78, 5) is 11.7. The number of piperidine rings is 1. The number of rotatable bonds is 3. The van der Waals surface area contributed by atoms with Crippen molar-refractivity contribution >= 4 is 5.91 Å². The molecule has 1 aliphatic rings. The van der Waals surface area contributed by atoms with Crippen molar-refractivity contribution in [2.45, 2.75) is 32.0 Å². The maximum Gasteiger partial charge on any atom is 0.416 e. The molecule has 7 heteroatoms. The lowest BCUT2D eigenvalue weighted by atomic mass is 9.80. The van der Waals surface area contributed by atoms with Gasteiger partial charge in [-0.25, -0.2) is 0 Å². The molecule has 1 heterocycles. The number of nitrogens with one attached hydrogen (secondary N) is 2. The van der Waals surface area contributed by atoms with Crippen LogP contribution in [0.5, 0.6) is 0 Å². The third-order valence-electron chi connectivity index (χ3n) is 3.09. The summed E-state index contributed by atoms with van der Waals surface area (Å²) in [6.07, 6.45) is -6.03. The van der Waals surface area contributed by atoms with E-state index in [0.717, 1.165) is 0 Å². The predicted octanol–water partition coefficient (Wildman–Crippen LogP) is 0.415. The molecule has 0 aliphatic carbocycles. The molecular weight excluding hydrogens is 237 g/mol. The highest BCUT2D eigenvalue weighted by atomic mass is 19.4. The molecular formula is C10H17F3N2O2. The lowest BCUT2D eigenvalue weighted by molar-refractivity contribution is -0.202. The molecule has 17 heavy (non-hydrogen) atoms. The summed E-state index contributed by atoms with van der Waals surface area (Å²) < 4.78 is 36.1. The second kappa shape index (κ2) is 5.22. The predicted molar refractivity (Wildman–Crippen MR) is 55.3 cm³/mol. The van der Waals surface area contributed by atoms with E-state index in [1.54, 1.807) is 6.92 Å². The van der Waals surface area contributed by atoms with Crippen molar-refractivity contribution < 1.29 is 23.1 Å². The number of alkyl halides is 3. The normalized spacial score (nSPS) is 21.9. The van der Waals surface area contributed by atoms with Gasteiger partial charge in [0.25, 0.3) is 0 Å². The summed E-state index contributed by atoms with van der Waals surface area (Å²) in [5, 5.41) is 14.0. The van der Waals surface area contributed by atoms with Gasteiger partial charge in [-0.2, -0.15) is 13.2 Å².